The van der Waals surface area contributed by atoms with Crippen molar-refractivity contribution in [3.05, 3.63) is 59.7 Å². The maximum absolute atomic E-state index is 2.26. The first-order valence-corrected chi connectivity index (χ1v) is 5.58. The molecule has 0 heterocycles. The first-order valence-electron chi connectivity index (χ1n) is 5.58. The average molecular weight is 200 g/mol. The molecule has 0 saturated heterocycles. The highest BCUT2D eigenvalue weighted by molar-refractivity contribution is 5.26. The molecule has 0 aliphatic carbocycles. The van der Waals surface area contributed by atoms with Crippen LogP contribution in [0.5, 0.6) is 0 Å². The molecule has 0 aliphatic rings. The monoisotopic (exact) mass is 200 g/mol. The molecule has 1 aromatic rings. The first kappa shape index (κ1) is 11.8. The summed E-state index contributed by atoms with van der Waals surface area (Å²) in [6.45, 7) is 6.47. The number of allylic oxidation sites excluding steroid dienone is 4. The van der Waals surface area contributed by atoms with Gasteiger partial charge in [0.2, 0.25) is 0 Å². The van der Waals surface area contributed by atoms with E-state index in [0.29, 0.717) is 5.92 Å². The van der Waals surface area contributed by atoms with Crippen LogP contribution in [0.2, 0.25) is 0 Å². The third-order valence-electron chi connectivity index (χ3n) is 2.55. The number of benzene rings is 1. The lowest BCUT2D eigenvalue weighted by atomic mass is 9.97. The van der Waals surface area contributed by atoms with Crippen LogP contribution in [-0.2, 0) is 6.42 Å². The van der Waals surface area contributed by atoms with Crippen LogP contribution < -0.4 is 0 Å². The predicted molar refractivity (Wildman–Crippen MR) is 68.0 cm³/mol. The summed E-state index contributed by atoms with van der Waals surface area (Å²) < 4.78 is 0. The summed E-state index contributed by atoms with van der Waals surface area (Å²) >= 11 is 0. The molecule has 0 spiro atoms. The van der Waals surface area contributed by atoms with Crippen LogP contribution in [0, 0.1) is 12.8 Å². The Balaban J connectivity index is 2.58. The average Bonchev–Trinajstić information content (AvgIpc) is 2.22. The fourth-order valence-electron chi connectivity index (χ4n) is 1.62. The summed E-state index contributed by atoms with van der Waals surface area (Å²) in [5, 5.41) is 0. The van der Waals surface area contributed by atoms with Crippen molar-refractivity contribution in [3.63, 3.8) is 0 Å². The standard InChI is InChI=1S/C15H20/c1-4-5-6-9-13(2)12-15-11-8-7-10-14(15)3/h4-11,13H,12H2,1-3H3/b5-4-,9-6-. The molecule has 0 saturated carbocycles. The lowest BCUT2D eigenvalue weighted by Gasteiger charge is -2.08. The second-order valence-corrected chi connectivity index (χ2v) is 4.02. The summed E-state index contributed by atoms with van der Waals surface area (Å²) in [4.78, 5) is 0. The molecule has 0 radical (unpaired) electrons. The topological polar surface area (TPSA) is 0 Å². The van der Waals surface area contributed by atoms with Gasteiger partial charge in [0.25, 0.3) is 0 Å². The van der Waals surface area contributed by atoms with Gasteiger partial charge in [-0.15, -0.1) is 0 Å². The van der Waals surface area contributed by atoms with Crippen molar-refractivity contribution in [2.45, 2.75) is 27.2 Å². The number of aryl methyl sites for hydroxylation is 1. The lowest BCUT2D eigenvalue weighted by Crippen LogP contribution is -1.97. The molecule has 80 valence electrons. The highest BCUT2D eigenvalue weighted by Crippen LogP contribution is 2.13. The van der Waals surface area contributed by atoms with E-state index in [2.05, 4.69) is 62.4 Å². The molecular weight excluding hydrogens is 180 g/mol. The van der Waals surface area contributed by atoms with Crippen molar-refractivity contribution in [3.8, 4) is 0 Å². The molecule has 15 heavy (non-hydrogen) atoms. The summed E-state index contributed by atoms with van der Waals surface area (Å²) in [5.41, 5.74) is 2.85. The van der Waals surface area contributed by atoms with Gasteiger partial charge in [-0.25, -0.2) is 0 Å². The molecule has 1 aromatic carbocycles. The molecule has 0 N–H and O–H groups in total. The Labute approximate surface area is 93.3 Å². The Kier molecular flexibility index (Phi) is 4.89. The van der Waals surface area contributed by atoms with E-state index in [4.69, 9.17) is 0 Å². The molecule has 0 aromatic heterocycles. The molecule has 1 rings (SSSR count). The van der Waals surface area contributed by atoms with E-state index in [0.717, 1.165) is 6.42 Å². The van der Waals surface area contributed by atoms with Gasteiger partial charge in [-0.1, -0.05) is 55.5 Å². The number of hydrogen-bond acceptors (Lipinski definition) is 0. The van der Waals surface area contributed by atoms with Gasteiger partial charge in [-0.2, -0.15) is 0 Å². The summed E-state index contributed by atoms with van der Waals surface area (Å²) in [7, 11) is 0. The van der Waals surface area contributed by atoms with Crippen molar-refractivity contribution in [2.24, 2.45) is 5.92 Å². The SMILES string of the molecule is C/C=C\C=C/C(C)Cc1ccccc1C. The van der Waals surface area contributed by atoms with Gasteiger partial charge in [0, 0.05) is 0 Å². The van der Waals surface area contributed by atoms with Crippen molar-refractivity contribution < 1.29 is 0 Å². The van der Waals surface area contributed by atoms with Gasteiger partial charge in [0.05, 0.1) is 0 Å². The molecule has 0 heteroatoms. The Hall–Kier alpha value is -1.30. The van der Waals surface area contributed by atoms with Gasteiger partial charge in [0.1, 0.15) is 0 Å². The second kappa shape index (κ2) is 6.23. The van der Waals surface area contributed by atoms with E-state index in [1.807, 2.05) is 6.92 Å². The summed E-state index contributed by atoms with van der Waals surface area (Å²) in [5.74, 6) is 0.599. The van der Waals surface area contributed by atoms with Crippen LogP contribution in [0.25, 0.3) is 0 Å². The van der Waals surface area contributed by atoms with E-state index in [1.165, 1.54) is 11.1 Å². The molecule has 0 amide bonds. The van der Waals surface area contributed by atoms with Crippen molar-refractivity contribution >= 4 is 0 Å². The van der Waals surface area contributed by atoms with Gasteiger partial charge >= 0.3 is 0 Å². The van der Waals surface area contributed by atoms with Crippen molar-refractivity contribution in [2.75, 3.05) is 0 Å². The van der Waals surface area contributed by atoms with Crippen molar-refractivity contribution in [1.82, 2.24) is 0 Å². The molecule has 1 unspecified atom stereocenters. The maximum Gasteiger partial charge on any atom is -0.0216 e. The van der Waals surface area contributed by atoms with Crippen LogP contribution in [0.15, 0.2) is 48.6 Å². The van der Waals surface area contributed by atoms with E-state index in [9.17, 15) is 0 Å². The Morgan fingerprint density at radius 1 is 1.20 bits per heavy atom. The van der Waals surface area contributed by atoms with Crippen LogP contribution in [0.3, 0.4) is 0 Å². The van der Waals surface area contributed by atoms with Gasteiger partial charge in [-0.05, 0) is 37.3 Å². The van der Waals surface area contributed by atoms with Crippen LogP contribution in [0.1, 0.15) is 25.0 Å². The highest BCUT2D eigenvalue weighted by atomic mass is 14.1. The fraction of sp³-hybridized carbons (Fsp3) is 0.333. The van der Waals surface area contributed by atoms with E-state index >= 15 is 0 Å². The number of hydrogen-bond donors (Lipinski definition) is 0. The zero-order chi connectivity index (χ0) is 11.1. The largest absolute Gasteiger partial charge is 0.0877 e. The van der Waals surface area contributed by atoms with E-state index < -0.39 is 0 Å². The second-order valence-electron chi connectivity index (χ2n) is 4.02. The number of rotatable bonds is 4. The highest BCUT2D eigenvalue weighted by Gasteiger charge is 2.01. The molecule has 1 atom stereocenters. The van der Waals surface area contributed by atoms with Gasteiger partial charge < -0.3 is 0 Å². The Bertz CT molecular complexity index is 345. The van der Waals surface area contributed by atoms with Crippen LogP contribution >= 0.6 is 0 Å². The predicted octanol–water partition coefficient (Wildman–Crippen LogP) is 4.31. The first-order chi connectivity index (χ1) is 7.24. The molecule has 0 nitrogen and oxygen atoms in total. The summed E-state index contributed by atoms with van der Waals surface area (Å²) in [6, 6.07) is 8.61. The minimum atomic E-state index is 0.599. The normalized spacial score (nSPS) is 13.8. The zero-order valence-corrected chi connectivity index (χ0v) is 9.90. The van der Waals surface area contributed by atoms with E-state index in [-0.39, 0.29) is 0 Å². The molecule has 0 fully saturated rings. The van der Waals surface area contributed by atoms with E-state index in [1.54, 1.807) is 0 Å². The molecule has 0 aliphatic heterocycles. The third-order valence-corrected chi connectivity index (χ3v) is 2.55. The molecule has 0 bridgehead atoms. The Morgan fingerprint density at radius 3 is 2.60 bits per heavy atom. The third kappa shape index (κ3) is 4.16. The van der Waals surface area contributed by atoms with Crippen molar-refractivity contribution in [1.29, 1.82) is 0 Å². The fourth-order valence-corrected chi connectivity index (χ4v) is 1.62. The van der Waals surface area contributed by atoms with Gasteiger partial charge in [-0.3, -0.25) is 0 Å². The minimum Gasteiger partial charge on any atom is -0.0877 e. The van der Waals surface area contributed by atoms with Gasteiger partial charge in [0.15, 0.2) is 0 Å². The quantitative estimate of drug-likeness (QED) is 0.635. The zero-order valence-electron chi connectivity index (χ0n) is 9.90. The maximum atomic E-state index is 2.26. The van der Waals surface area contributed by atoms with Crippen LogP contribution in [-0.4, -0.2) is 0 Å². The summed E-state index contributed by atoms with van der Waals surface area (Å²) in [6.07, 6.45) is 9.64. The van der Waals surface area contributed by atoms with Crippen LogP contribution in [0.4, 0.5) is 0 Å². The Morgan fingerprint density at radius 2 is 1.93 bits per heavy atom. The smallest absolute Gasteiger partial charge is 0.0216 e. The molecular formula is C15H20. The lowest BCUT2D eigenvalue weighted by molar-refractivity contribution is 0.720. The minimum absolute atomic E-state index is 0.599.